The number of aliphatic hydroxyl groups excluding tert-OH is 1. The van der Waals surface area contributed by atoms with Crippen LogP contribution in [0.4, 0.5) is 5.69 Å². The van der Waals surface area contributed by atoms with Crippen LogP contribution in [0.1, 0.15) is 22.2 Å². The Morgan fingerprint density at radius 1 is 1.04 bits per heavy atom. The largest absolute Gasteiger partial charge is 0.491 e. The molecule has 1 atom stereocenters. The van der Waals surface area contributed by atoms with Gasteiger partial charge in [0.05, 0.1) is 6.26 Å². The SMILES string of the molecule is O=C(Nc1ccc(OCC(O)c2ccccc2)cc1)c1ccco1. The number of anilines is 1. The third-order valence-electron chi connectivity index (χ3n) is 3.45. The van der Waals surface area contributed by atoms with Crippen LogP contribution in [0.2, 0.25) is 0 Å². The van der Waals surface area contributed by atoms with Crippen LogP contribution in [-0.4, -0.2) is 17.6 Å². The number of hydrogen-bond acceptors (Lipinski definition) is 4. The second-order valence-electron chi connectivity index (χ2n) is 5.19. The molecule has 1 aromatic heterocycles. The molecule has 0 bridgehead atoms. The molecule has 0 saturated carbocycles. The van der Waals surface area contributed by atoms with Gasteiger partial charge < -0.3 is 19.6 Å². The zero-order valence-electron chi connectivity index (χ0n) is 12.9. The molecule has 5 heteroatoms. The highest BCUT2D eigenvalue weighted by Crippen LogP contribution is 2.19. The van der Waals surface area contributed by atoms with Crippen molar-refractivity contribution in [3.05, 3.63) is 84.3 Å². The summed E-state index contributed by atoms with van der Waals surface area (Å²) in [4.78, 5) is 11.9. The minimum absolute atomic E-state index is 0.155. The lowest BCUT2D eigenvalue weighted by atomic mass is 10.1. The van der Waals surface area contributed by atoms with Crippen LogP contribution in [0.25, 0.3) is 0 Å². The van der Waals surface area contributed by atoms with Crippen LogP contribution in [0, 0.1) is 0 Å². The Hall–Kier alpha value is -3.05. The van der Waals surface area contributed by atoms with Crippen molar-refractivity contribution in [1.82, 2.24) is 0 Å². The maximum Gasteiger partial charge on any atom is 0.291 e. The number of aliphatic hydroxyl groups is 1. The zero-order chi connectivity index (χ0) is 16.8. The number of hydrogen-bond donors (Lipinski definition) is 2. The van der Waals surface area contributed by atoms with Crippen molar-refractivity contribution in [1.29, 1.82) is 0 Å². The Kier molecular flexibility index (Phi) is 4.93. The van der Waals surface area contributed by atoms with Crippen molar-refractivity contribution in [2.75, 3.05) is 11.9 Å². The van der Waals surface area contributed by atoms with Gasteiger partial charge in [0.15, 0.2) is 5.76 Å². The number of furan rings is 1. The average Bonchev–Trinajstić information content (AvgIpc) is 3.16. The first-order valence-corrected chi connectivity index (χ1v) is 7.53. The summed E-state index contributed by atoms with van der Waals surface area (Å²) in [6, 6.07) is 19.5. The highest BCUT2D eigenvalue weighted by Gasteiger charge is 2.10. The van der Waals surface area contributed by atoms with Gasteiger partial charge in [-0.1, -0.05) is 30.3 Å². The summed E-state index contributed by atoms with van der Waals surface area (Å²) < 4.78 is 10.6. The molecule has 24 heavy (non-hydrogen) atoms. The number of amides is 1. The summed E-state index contributed by atoms with van der Waals surface area (Å²) in [5.41, 5.74) is 1.44. The fraction of sp³-hybridized carbons (Fsp3) is 0.105. The van der Waals surface area contributed by atoms with E-state index in [-0.39, 0.29) is 18.3 Å². The van der Waals surface area contributed by atoms with Crippen molar-refractivity contribution >= 4 is 11.6 Å². The minimum Gasteiger partial charge on any atom is -0.491 e. The van der Waals surface area contributed by atoms with E-state index in [0.29, 0.717) is 11.4 Å². The van der Waals surface area contributed by atoms with Gasteiger partial charge in [-0.15, -0.1) is 0 Å². The fourth-order valence-corrected chi connectivity index (χ4v) is 2.18. The summed E-state index contributed by atoms with van der Waals surface area (Å²) in [5, 5.41) is 12.8. The molecule has 122 valence electrons. The van der Waals surface area contributed by atoms with E-state index in [1.807, 2.05) is 30.3 Å². The van der Waals surface area contributed by atoms with Gasteiger partial charge in [-0.2, -0.15) is 0 Å². The Balaban J connectivity index is 1.54. The van der Waals surface area contributed by atoms with Crippen LogP contribution < -0.4 is 10.1 Å². The van der Waals surface area contributed by atoms with Crippen molar-refractivity contribution in [3.8, 4) is 5.75 Å². The average molecular weight is 323 g/mol. The first-order valence-electron chi connectivity index (χ1n) is 7.53. The van der Waals surface area contributed by atoms with Crippen molar-refractivity contribution in [3.63, 3.8) is 0 Å². The maximum absolute atomic E-state index is 11.9. The van der Waals surface area contributed by atoms with Gasteiger partial charge in [0.1, 0.15) is 18.5 Å². The zero-order valence-corrected chi connectivity index (χ0v) is 12.9. The molecule has 3 aromatic rings. The molecule has 5 nitrogen and oxygen atoms in total. The second-order valence-corrected chi connectivity index (χ2v) is 5.19. The van der Waals surface area contributed by atoms with Crippen LogP contribution >= 0.6 is 0 Å². The van der Waals surface area contributed by atoms with Gasteiger partial charge in [-0.05, 0) is 42.0 Å². The first kappa shape index (κ1) is 15.8. The lowest BCUT2D eigenvalue weighted by Gasteiger charge is -2.13. The van der Waals surface area contributed by atoms with Gasteiger partial charge in [0.25, 0.3) is 5.91 Å². The quantitative estimate of drug-likeness (QED) is 0.726. The Morgan fingerprint density at radius 3 is 2.46 bits per heavy atom. The molecule has 0 aliphatic heterocycles. The third kappa shape index (κ3) is 4.02. The fourth-order valence-electron chi connectivity index (χ4n) is 2.18. The molecule has 1 unspecified atom stereocenters. The number of ether oxygens (including phenoxy) is 1. The molecule has 0 radical (unpaired) electrons. The van der Waals surface area contributed by atoms with E-state index >= 15 is 0 Å². The van der Waals surface area contributed by atoms with Gasteiger partial charge in [0, 0.05) is 5.69 Å². The Labute approximate surface area is 139 Å². The number of carbonyl (C=O) groups excluding carboxylic acids is 1. The minimum atomic E-state index is -0.690. The highest BCUT2D eigenvalue weighted by molar-refractivity contribution is 6.02. The van der Waals surface area contributed by atoms with E-state index in [2.05, 4.69) is 5.32 Å². The van der Waals surface area contributed by atoms with Crippen molar-refractivity contribution in [2.24, 2.45) is 0 Å². The molecule has 2 aromatic carbocycles. The van der Waals surface area contributed by atoms with Crippen LogP contribution in [0.15, 0.2) is 77.4 Å². The normalized spacial score (nSPS) is 11.7. The molecule has 0 spiro atoms. The van der Waals surface area contributed by atoms with E-state index in [9.17, 15) is 9.90 Å². The molecular weight excluding hydrogens is 306 g/mol. The highest BCUT2D eigenvalue weighted by atomic mass is 16.5. The molecular formula is C19H17NO4. The predicted octanol–water partition coefficient (Wildman–Crippen LogP) is 3.64. The number of benzene rings is 2. The molecule has 0 aliphatic rings. The molecule has 0 fully saturated rings. The van der Waals surface area contributed by atoms with Gasteiger partial charge in [-0.25, -0.2) is 0 Å². The van der Waals surface area contributed by atoms with Gasteiger partial charge in [-0.3, -0.25) is 4.79 Å². The number of rotatable bonds is 6. The van der Waals surface area contributed by atoms with Crippen molar-refractivity contribution < 1.29 is 19.1 Å². The monoisotopic (exact) mass is 323 g/mol. The van der Waals surface area contributed by atoms with E-state index in [1.54, 1.807) is 36.4 Å². The molecule has 2 N–H and O–H groups in total. The molecule has 1 amide bonds. The maximum atomic E-state index is 11.9. The molecule has 0 saturated heterocycles. The Bertz CT molecular complexity index is 767. The summed E-state index contributed by atoms with van der Waals surface area (Å²) in [6.45, 7) is 0.155. The second kappa shape index (κ2) is 7.48. The number of nitrogens with one attached hydrogen (secondary N) is 1. The van der Waals surface area contributed by atoms with E-state index in [0.717, 1.165) is 5.56 Å². The summed E-state index contributed by atoms with van der Waals surface area (Å²) in [7, 11) is 0. The lowest BCUT2D eigenvalue weighted by Crippen LogP contribution is -2.11. The van der Waals surface area contributed by atoms with Crippen molar-refractivity contribution in [2.45, 2.75) is 6.10 Å². The smallest absolute Gasteiger partial charge is 0.291 e. The molecule has 3 rings (SSSR count). The molecule has 0 aliphatic carbocycles. The van der Waals surface area contributed by atoms with E-state index in [1.165, 1.54) is 6.26 Å². The van der Waals surface area contributed by atoms with Crippen LogP contribution in [0.3, 0.4) is 0 Å². The van der Waals surface area contributed by atoms with Gasteiger partial charge in [0.2, 0.25) is 0 Å². The van der Waals surface area contributed by atoms with Crippen LogP contribution in [0.5, 0.6) is 5.75 Å². The van der Waals surface area contributed by atoms with Gasteiger partial charge >= 0.3 is 0 Å². The Morgan fingerprint density at radius 2 is 1.79 bits per heavy atom. The lowest BCUT2D eigenvalue weighted by molar-refractivity contribution is 0.0996. The van der Waals surface area contributed by atoms with Crippen LogP contribution in [-0.2, 0) is 0 Å². The molecule has 1 heterocycles. The first-order chi connectivity index (χ1) is 11.7. The topological polar surface area (TPSA) is 71.7 Å². The summed E-state index contributed by atoms with van der Waals surface area (Å²) in [6.07, 6.45) is 0.758. The number of carbonyl (C=O) groups is 1. The van der Waals surface area contributed by atoms with E-state index in [4.69, 9.17) is 9.15 Å². The third-order valence-corrected chi connectivity index (χ3v) is 3.45. The summed E-state index contributed by atoms with van der Waals surface area (Å²) in [5.74, 6) is 0.551. The summed E-state index contributed by atoms with van der Waals surface area (Å²) >= 11 is 0. The predicted molar refractivity (Wildman–Crippen MR) is 90.0 cm³/mol. The van der Waals surface area contributed by atoms with E-state index < -0.39 is 6.10 Å². The standard InChI is InChI=1S/C19H17NO4/c21-17(14-5-2-1-3-6-14)13-24-16-10-8-15(9-11-16)20-19(22)18-7-4-12-23-18/h1-12,17,21H,13H2,(H,20,22).